The predicted octanol–water partition coefficient (Wildman–Crippen LogP) is 3.47. The first-order chi connectivity index (χ1) is 10.2. The minimum atomic E-state index is -0.161. The summed E-state index contributed by atoms with van der Waals surface area (Å²) in [5.41, 5.74) is 8.30. The van der Waals surface area contributed by atoms with Crippen LogP contribution in [0, 0.1) is 0 Å². The molecule has 1 aromatic carbocycles. The maximum atomic E-state index is 12.2. The summed E-state index contributed by atoms with van der Waals surface area (Å²) in [6, 6.07) is 11.1. The molecule has 0 aliphatic rings. The zero-order valence-corrected chi connectivity index (χ0v) is 14.0. The zero-order valence-electron chi connectivity index (χ0n) is 12.4. The summed E-state index contributed by atoms with van der Waals surface area (Å²) in [5, 5.41) is 2.82. The molecule has 22 heavy (non-hydrogen) atoms. The topological polar surface area (TPSA) is 68.0 Å². The molecule has 0 spiro atoms. The van der Waals surface area contributed by atoms with Crippen LogP contribution in [0.2, 0.25) is 0 Å². The molecular formula is C16H20ClN3OS. The number of nitrogens with two attached hydrogens (primary N) is 1. The van der Waals surface area contributed by atoms with Crippen molar-refractivity contribution < 1.29 is 4.79 Å². The smallest absolute Gasteiger partial charge is 0.256 e. The number of hydrogen-bond donors (Lipinski definition) is 2. The van der Waals surface area contributed by atoms with Gasteiger partial charge in [-0.3, -0.25) is 4.79 Å². The van der Waals surface area contributed by atoms with Crippen molar-refractivity contribution in [1.82, 2.24) is 4.98 Å². The summed E-state index contributed by atoms with van der Waals surface area (Å²) < 4.78 is 0. The zero-order chi connectivity index (χ0) is 15.1. The Morgan fingerprint density at radius 1 is 1.23 bits per heavy atom. The highest BCUT2D eigenvalue weighted by atomic mass is 35.5. The third-order valence-corrected chi connectivity index (χ3v) is 3.94. The van der Waals surface area contributed by atoms with Crippen LogP contribution < -0.4 is 11.1 Å². The lowest BCUT2D eigenvalue weighted by Crippen LogP contribution is -2.13. The van der Waals surface area contributed by atoms with E-state index in [1.165, 1.54) is 0 Å². The van der Waals surface area contributed by atoms with E-state index in [0.717, 1.165) is 22.6 Å². The van der Waals surface area contributed by atoms with Crippen molar-refractivity contribution in [2.75, 3.05) is 11.1 Å². The van der Waals surface area contributed by atoms with Gasteiger partial charge >= 0.3 is 0 Å². The Bertz CT molecular complexity index is 605. The number of thioether (sulfide) groups is 1. The molecule has 0 saturated carbocycles. The van der Waals surface area contributed by atoms with Crippen LogP contribution in [0.25, 0.3) is 0 Å². The standard InChI is InChI=1S/C16H19N3OS.ClH/c1-2-21-11-13-7-8-18-15(9-13)19-16(20)14-5-3-12(10-17)4-6-14;/h3-9H,2,10-11,17H2,1H3,(H,18,19,20);1H. The summed E-state index contributed by atoms with van der Waals surface area (Å²) >= 11 is 1.84. The molecule has 2 rings (SSSR count). The number of halogens is 1. The van der Waals surface area contributed by atoms with Gasteiger partial charge in [0, 0.05) is 24.1 Å². The van der Waals surface area contributed by atoms with Crippen LogP contribution in [-0.4, -0.2) is 16.6 Å². The number of nitrogens with zero attached hydrogens (tertiary/aromatic N) is 1. The Kier molecular flexibility index (Phi) is 7.95. The van der Waals surface area contributed by atoms with Gasteiger partial charge in [-0.15, -0.1) is 12.4 Å². The molecule has 0 radical (unpaired) electrons. The summed E-state index contributed by atoms with van der Waals surface area (Å²) in [6.07, 6.45) is 1.72. The van der Waals surface area contributed by atoms with Crippen molar-refractivity contribution in [3.8, 4) is 0 Å². The molecule has 0 unspecified atom stereocenters. The molecule has 4 nitrogen and oxygen atoms in total. The molecule has 0 aliphatic heterocycles. The summed E-state index contributed by atoms with van der Waals surface area (Å²) in [4.78, 5) is 16.3. The van der Waals surface area contributed by atoms with E-state index < -0.39 is 0 Å². The van der Waals surface area contributed by atoms with E-state index in [4.69, 9.17) is 5.73 Å². The van der Waals surface area contributed by atoms with Crippen LogP contribution in [0.15, 0.2) is 42.6 Å². The SMILES string of the molecule is CCSCc1ccnc(NC(=O)c2ccc(CN)cc2)c1.Cl. The Morgan fingerprint density at radius 3 is 2.59 bits per heavy atom. The van der Waals surface area contributed by atoms with Crippen molar-refractivity contribution in [2.24, 2.45) is 5.73 Å². The molecular weight excluding hydrogens is 318 g/mol. The first-order valence-electron chi connectivity index (χ1n) is 6.86. The molecule has 118 valence electrons. The number of nitrogens with one attached hydrogen (secondary N) is 1. The first-order valence-corrected chi connectivity index (χ1v) is 8.01. The Balaban J connectivity index is 0.00000242. The molecule has 0 aliphatic carbocycles. The second-order valence-electron chi connectivity index (χ2n) is 4.54. The number of hydrogen-bond acceptors (Lipinski definition) is 4. The van der Waals surface area contributed by atoms with E-state index in [1.807, 2.05) is 36.0 Å². The Labute approximate surface area is 141 Å². The van der Waals surface area contributed by atoms with Gasteiger partial charge in [0.05, 0.1) is 0 Å². The van der Waals surface area contributed by atoms with Gasteiger partial charge in [-0.25, -0.2) is 4.98 Å². The second-order valence-corrected chi connectivity index (χ2v) is 5.82. The first kappa shape index (κ1) is 18.5. The van der Waals surface area contributed by atoms with Crippen LogP contribution in [0.1, 0.15) is 28.4 Å². The van der Waals surface area contributed by atoms with Crippen molar-refractivity contribution in [3.05, 3.63) is 59.3 Å². The molecule has 1 amide bonds. The lowest BCUT2D eigenvalue weighted by atomic mass is 10.1. The van der Waals surface area contributed by atoms with Crippen molar-refractivity contribution in [3.63, 3.8) is 0 Å². The van der Waals surface area contributed by atoms with Gasteiger partial charge in [-0.2, -0.15) is 11.8 Å². The van der Waals surface area contributed by atoms with Gasteiger partial charge in [0.15, 0.2) is 0 Å². The van der Waals surface area contributed by atoms with Crippen LogP contribution in [0.5, 0.6) is 0 Å². The fourth-order valence-corrected chi connectivity index (χ4v) is 2.45. The van der Waals surface area contributed by atoms with Crippen LogP contribution in [0.4, 0.5) is 5.82 Å². The monoisotopic (exact) mass is 337 g/mol. The van der Waals surface area contributed by atoms with Crippen LogP contribution >= 0.6 is 24.2 Å². The van der Waals surface area contributed by atoms with Crippen molar-refractivity contribution in [2.45, 2.75) is 19.2 Å². The van der Waals surface area contributed by atoms with Crippen LogP contribution in [0.3, 0.4) is 0 Å². The molecule has 6 heteroatoms. The largest absolute Gasteiger partial charge is 0.326 e. The van der Waals surface area contributed by atoms with E-state index >= 15 is 0 Å². The quantitative estimate of drug-likeness (QED) is 0.847. The molecule has 1 aromatic heterocycles. The van der Waals surface area contributed by atoms with Gasteiger partial charge in [0.25, 0.3) is 5.91 Å². The normalized spacial score (nSPS) is 9.91. The highest BCUT2D eigenvalue weighted by Gasteiger charge is 2.07. The molecule has 1 heterocycles. The highest BCUT2D eigenvalue weighted by Crippen LogP contribution is 2.15. The molecule has 0 saturated heterocycles. The Hall–Kier alpha value is -1.56. The number of carbonyl (C=O) groups excluding carboxylic acids is 1. The maximum Gasteiger partial charge on any atom is 0.256 e. The number of amides is 1. The van der Waals surface area contributed by atoms with Gasteiger partial charge in [-0.1, -0.05) is 19.1 Å². The number of aromatic nitrogens is 1. The summed E-state index contributed by atoms with van der Waals surface area (Å²) in [6.45, 7) is 2.60. The lowest BCUT2D eigenvalue weighted by molar-refractivity contribution is 0.102. The van der Waals surface area contributed by atoms with Gasteiger partial charge in [0.2, 0.25) is 0 Å². The molecule has 0 atom stereocenters. The third-order valence-electron chi connectivity index (χ3n) is 2.99. The third kappa shape index (κ3) is 5.33. The number of carbonyl (C=O) groups is 1. The van der Waals surface area contributed by atoms with Crippen LogP contribution in [-0.2, 0) is 12.3 Å². The fourth-order valence-electron chi connectivity index (χ4n) is 1.83. The van der Waals surface area contributed by atoms with Gasteiger partial charge < -0.3 is 11.1 Å². The molecule has 3 N–H and O–H groups in total. The van der Waals surface area contributed by atoms with Gasteiger partial charge in [0.1, 0.15) is 5.82 Å². The van der Waals surface area contributed by atoms with E-state index in [-0.39, 0.29) is 18.3 Å². The van der Waals surface area contributed by atoms with E-state index in [0.29, 0.717) is 17.9 Å². The highest BCUT2D eigenvalue weighted by molar-refractivity contribution is 7.98. The fraction of sp³-hybridized carbons (Fsp3) is 0.250. The maximum absolute atomic E-state index is 12.2. The number of benzene rings is 1. The average Bonchev–Trinajstić information content (AvgIpc) is 2.53. The minimum absolute atomic E-state index is 0. The summed E-state index contributed by atoms with van der Waals surface area (Å²) in [7, 11) is 0. The predicted molar refractivity (Wildman–Crippen MR) is 95.6 cm³/mol. The van der Waals surface area contributed by atoms with E-state index in [2.05, 4.69) is 17.2 Å². The second kappa shape index (κ2) is 9.46. The van der Waals surface area contributed by atoms with Crippen molar-refractivity contribution >= 4 is 35.9 Å². The molecule has 0 bridgehead atoms. The van der Waals surface area contributed by atoms with E-state index in [1.54, 1.807) is 18.3 Å². The molecule has 2 aromatic rings. The van der Waals surface area contributed by atoms with Crippen molar-refractivity contribution in [1.29, 1.82) is 0 Å². The number of anilines is 1. The summed E-state index contributed by atoms with van der Waals surface area (Å²) in [5.74, 6) is 2.41. The minimum Gasteiger partial charge on any atom is -0.326 e. The Morgan fingerprint density at radius 2 is 1.95 bits per heavy atom. The van der Waals surface area contributed by atoms with E-state index in [9.17, 15) is 4.79 Å². The van der Waals surface area contributed by atoms with Gasteiger partial charge in [-0.05, 0) is 41.1 Å². The number of rotatable bonds is 6. The molecule has 0 fully saturated rings. The number of pyridine rings is 1. The lowest BCUT2D eigenvalue weighted by Gasteiger charge is -2.07. The average molecular weight is 338 g/mol.